The number of rotatable bonds is 4. The van der Waals surface area contributed by atoms with Gasteiger partial charge in [-0.15, -0.1) is 21.5 Å². The molecule has 1 N–H and O–H groups in total. The summed E-state index contributed by atoms with van der Waals surface area (Å²) in [5, 5.41) is 13.7. The highest BCUT2D eigenvalue weighted by molar-refractivity contribution is 7.12. The van der Waals surface area contributed by atoms with Crippen LogP contribution in [0.5, 0.6) is 0 Å². The normalized spacial score (nSPS) is 14.1. The van der Waals surface area contributed by atoms with Crippen LogP contribution in [0.15, 0.2) is 35.8 Å². The fourth-order valence-corrected chi connectivity index (χ4v) is 4.58. The highest BCUT2D eigenvalue weighted by Gasteiger charge is 2.31. The highest BCUT2D eigenvalue weighted by atomic mass is 32.1. The van der Waals surface area contributed by atoms with Crippen molar-refractivity contribution in [3.05, 3.63) is 52.1 Å². The molecular weight excluding hydrogens is 449 g/mol. The Labute approximate surface area is 190 Å². The van der Waals surface area contributed by atoms with Crippen LogP contribution in [0.1, 0.15) is 20.0 Å². The minimum absolute atomic E-state index is 0.00446. The molecule has 1 aliphatic rings. The second-order valence-corrected chi connectivity index (χ2v) is 8.49. The number of nitrogens with one attached hydrogen (secondary N) is 1. The van der Waals surface area contributed by atoms with E-state index in [-0.39, 0.29) is 35.8 Å². The van der Waals surface area contributed by atoms with Crippen LogP contribution in [0.4, 0.5) is 4.39 Å². The molecule has 0 radical (unpaired) electrons. The van der Waals surface area contributed by atoms with Crippen molar-refractivity contribution in [1.82, 2.24) is 35.0 Å². The predicted molar refractivity (Wildman–Crippen MR) is 117 cm³/mol. The molecule has 0 bridgehead atoms. The topological polar surface area (TPSA) is 117 Å². The van der Waals surface area contributed by atoms with Crippen molar-refractivity contribution in [2.24, 2.45) is 7.05 Å². The first-order valence-electron chi connectivity index (χ1n) is 10.1. The van der Waals surface area contributed by atoms with Crippen molar-refractivity contribution in [2.45, 2.75) is 0 Å². The van der Waals surface area contributed by atoms with Crippen molar-refractivity contribution in [1.29, 1.82) is 0 Å². The number of fused-ring (bicyclic) bond motifs is 1. The number of aromatic amines is 1. The van der Waals surface area contributed by atoms with Crippen LogP contribution >= 0.6 is 11.3 Å². The van der Waals surface area contributed by atoms with Gasteiger partial charge in [0.1, 0.15) is 5.82 Å². The van der Waals surface area contributed by atoms with Gasteiger partial charge >= 0.3 is 0 Å². The maximum atomic E-state index is 14.7. The molecule has 2 amide bonds. The molecule has 0 atom stereocenters. The standard InChI is InChI=1S/C21H18FN7O3S/c1-27-25-19(24-26-27)12-4-5-14(22)16-13(11-23-17(12)16)18(30)21(32)29-8-6-28(7-9-29)20(31)15-3-2-10-33-15/h2-5,10-11,23H,6-9H2,1H3. The molecule has 1 aromatic carbocycles. The average Bonchev–Trinajstić information content (AvgIpc) is 3.59. The summed E-state index contributed by atoms with van der Waals surface area (Å²) < 4.78 is 14.7. The zero-order valence-electron chi connectivity index (χ0n) is 17.5. The molecule has 33 heavy (non-hydrogen) atoms. The van der Waals surface area contributed by atoms with Crippen LogP contribution in [-0.2, 0) is 11.8 Å². The van der Waals surface area contributed by atoms with E-state index in [1.807, 2.05) is 11.4 Å². The van der Waals surface area contributed by atoms with Crippen LogP contribution in [0.25, 0.3) is 22.3 Å². The molecule has 10 nitrogen and oxygen atoms in total. The van der Waals surface area contributed by atoms with Crippen molar-refractivity contribution in [2.75, 3.05) is 26.2 Å². The van der Waals surface area contributed by atoms with Crippen LogP contribution in [0, 0.1) is 5.82 Å². The molecule has 1 aliphatic heterocycles. The first-order valence-corrected chi connectivity index (χ1v) is 11.0. The van der Waals surface area contributed by atoms with E-state index in [9.17, 15) is 18.8 Å². The van der Waals surface area contributed by atoms with Crippen LogP contribution < -0.4 is 0 Å². The number of thiophene rings is 1. The molecule has 4 aromatic rings. The van der Waals surface area contributed by atoms with Crippen LogP contribution in [0.3, 0.4) is 0 Å². The van der Waals surface area contributed by atoms with Crippen molar-refractivity contribution >= 4 is 39.8 Å². The number of aryl methyl sites for hydroxylation is 1. The molecule has 1 fully saturated rings. The molecule has 0 saturated carbocycles. The minimum atomic E-state index is -0.817. The fourth-order valence-electron chi connectivity index (χ4n) is 3.89. The van der Waals surface area contributed by atoms with Gasteiger partial charge in [-0.05, 0) is 28.8 Å². The van der Waals surface area contributed by atoms with Gasteiger partial charge in [0.25, 0.3) is 17.6 Å². The number of carbonyl (C=O) groups excluding carboxylic acids is 3. The SMILES string of the molecule is Cn1nnc(-c2ccc(F)c3c(C(=O)C(=O)N4CCN(C(=O)c5cccs5)CC4)c[nH]c23)n1. The lowest BCUT2D eigenvalue weighted by Gasteiger charge is -2.34. The Hall–Kier alpha value is -3.93. The molecule has 4 heterocycles. The number of halogens is 1. The smallest absolute Gasteiger partial charge is 0.295 e. The van der Waals surface area contributed by atoms with Gasteiger partial charge < -0.3 is 14.8 Å². The van der Waals surface area contributed by atoms with E-state index in [0.717, 1.165) is 0 Å². The van der Waals surface area contributed by atoms with Crippen LogP contribution in [-0.4, -0.2) is 78.8 Å². The second kappa shape index (κ2) is 8.20. The fraction of sp³-hybridized carbons (Fsp3) is 0.238. The number of aromatic nitrogens is 5. The summed E-state index contributed by atoms with van der Waals surface area (Å²) in [6.45, 7) is 1.09. The number of carbonyl (C=O) groups is 3. The number of ketones is 1. The summed E-state index contributed by atoms with van der Waals surface area (Å²) in [5.74, 6) is -2.01. The Balaban J connectivity index is 1.36. The molecule has 168 valence electrons. The lowest BCUT2D eigenvalue weighted by molar-refractivity contribution is -0.127. The third kappa shape index (κ3) is 3.67. The van der Waals surface area contributed by atoms with Gasteiger partial charge in [-0.2, -0.15) is 4.80 Å². The number of amides is 2. The first-order chi connectivity index (χ1) is 15.9. The number of tetrazole rings is 1. The Morgan fingerprint density at radius 2 is 1.85 bits per heavy atom. The number of H-pyrrole nitrogens is 1. The van der Waals surface area contributed by atoms with E-state index in [1.165, 1.54) is 39.4 Å². The van der Waals surface area contributed by atoms with E-state index in [2.05, 4.69) is 20.4 Å². The van der Waals surface area contributed by atoms with Crippen molar-refractivity contribution in [3.63, 3.8) is 0 Å². The van der Waals surface area contributed by atoms with E-state index in [1.54, 1.807) is 18.0 Å². The largest absolute Gasteiger partial charge is 0.360 e. The number of piperazine rings is 1. The zero-order valence-corrected chi connectivity index (χ0v) is 18.3. The maximum absolute atomic E-state index is 14.7. The average molecular weight is 467 g/mol. The number of hydrogen-bond donors (Lipinski definition) is 1. The second-order valence-electron chi connectivity index (χ2n) is 7.54. The summed E-state index contributed by atoms with van der Waals surface area (Å²) in [4.78, 5) is 46.3. The molecule has 0 aliphatic carbocycles. The molecule has 3 aromatic heterocycles. The number of hydrogen-bond acceptors (Lipinski definition) is 7. The Morgan fingerprint density at radius 3 is 2.52 bits per heavy atom. The third-order valence-electron chi connectivity index (χ3n) is 5.56. The van der Waals surface area contributed by atoms with Crippen molar-refractivity contribution in [3.8, 4) is 11.4 Å². The number of benzene rings is 1. The summed E-state index contributed by atoms with van der Waals surface area (Å²) >= 11 is 1.36. The highest BCUT2D eigenvalue weighted by Crippen LogP contribution is 2.30. The predicted octanol–water partition coefficient (Wildman–Crippen LogP) is 1.73. The minimum Gasteiger partial charge on any atom is -0.360 e. The van der Waals surface area contributed by atoms with E-state index < -0.39 is 17.5 Å². The van der Waals surface area contributed by atoms with E-state index in [0.29, 0.717) is 29.0 Å². The molecule has 12 heteroatoms. The Bertz CT molecular complexity index is 1370. The maximum Gasteiger partial charge on any atom is 0.295 e. The Morgan fingerprint density at radius 1 is 1.09 bits per heavy atom. The third-order valence-corrected chi connectivity index (χ3v) is 6.42. The summed E-state index contributed by atoms with van der Waals surface area (Å²) in [5.41, 5.74) is 0.715. The van der Waals surface area contributed by atoms with Gasteiger partial charge in [0, 0.05) is 43.3 Å². The molecule has 5 rings (SSSR count). The van der Waals surface area contributed by atoms with E-state index in [4.69, 9.17) is 0 Å². The van der Waals surface area contributed by atoms with E-state index >= 15 is 0 Å². The molecule has 1 saturated heterocycles. The van der Waals surface area contributed by atoms with Crippen molar-refractivity contribution < 1.29 is 18.8 Å². The van der Waals surface area contributed by atoms with Gasteiger partial charge in [-0.1, -0.05) is 6.07 Å². The first kappa shape index (κ1) is 20.9. The summed E-state index contributed by atoms with van der Waals surface area (Å²) in [6.07, 6.45) is 1.32. The monoisotopic (exact) mass is 467 g/mol. The Kier molecular flexibility index (Phi) is 5.21. The summed E-state index contributed by atoms with van der Waals surface area (Å²) in [7, 11) is 1.60. The number of Topliss-reactive ketones (excluding diaryl/α,β-unsaturated/α-hetero) is 1. The van der Waals surface area contributed by atoms with Crippen LogP contribution in [0.2, 0.25) is 0 Å². The lowest BCUT2D eigenvalue weighted by atomic mass is 10.0. The lowest BCUT2D eigenvalue weighted by Crippen LogP contribution is -2.52. The van der Waals surface area contributed by atoms with Gasteiger partial charge in [0.2, 0.25) is 5.82 Å². The summed E-state index contributed by atoms with van der Waals surface area (Å²) in [6, 6.07) is 6.26. The molecular formula is C21H18FN7O3S. The molecule has 0 unspecified atom stereocenters. The van der Waals surface area contributed by atoms with Gasteiger partial charge in [-0.25, -0.2) is 4.39 Å². The quantitative estimate of drug-likeness (QED) is 0.361. The molecule has 0 spiro atoms. The van der Waals surface area contributed by atoms with Gasteiger partial charge in [-0.3, -0.25) is 14.4 Å². The van der Waals surface area contributed by atoms with Gasteiger partial charge in [0.05, 0.1) is 23.0 Å². The van der Waals surface area contributed by atoms with Gasteiger partial charge in [0.15, 0.2) is 0 Å². The zero-order chi connectivity index (χ0) is 23.1. The number of nitrogens with zero attached hydrogens (tertiary/aromatic N) is 6.